The first-order chi connectivity index (χ1) is 5.74. The monoisotopic (exact) mass is 229 g/mol. The number of hydrogen-bond acceptors (Lipinski definition) is 3. The van der Waals surface area contributed by atoms with Crippen molar-refractivity contribution >= 4 is 0 Å². The molecular formula is C9H21CrO3. The molecule has 0 N–H and O–H groups in total. The summed E-state index contributed by atoms with van der Waals surface area (Å²) in [6, 6.07) is 0. The largest absolute Gasteiger partial charge is 3.00 e. The molecule has 0 amide bonds. The van der Waals surface area contributed by atoms with Crippen LogP contribution in [0.15, 0.2) is 0 Å². The summed E-state index contributed by atoms with van der Waals surface area (Å²) in [7, 11) is 0. The average Bonchev–Trinajstić information content (AvgIpc) is 2.18. The molecule has 0 bridgehead atoms. The van der Waals surface area contributed by atoms with E-state index in [1.54, 1.807) is 0 Å². The molecule has 1 radical (unpaired) electrons. The third-order valence-corrected chi connectivity index (χ3v) is 0.612. The van der Waals surface area contributed by atoms with E-state index in [2.05, 4.69) is 0 Å². The molecule has 0 aliphatic rings. The fourth-order valence-corrected chi connectivity index (χ4v) is 0. The Hall–Kier alpha value is 0.412. The first-order valence-electron chi connectivity index (χ1n) is 4.49. The molecule has 0 aromatic rings. The van der Waals surface area contributed by atoms with Crippen molar-refractivity contribution in [2.75, 3.05) is 19.8 Å². The van der Waals surface area contributed by atoms with Gasteiger partial charge in [-0.1, -0.05) is 40.0 Å². The standard InChI is InChI=1S/3C3H7O.Cr/c3*1-2-3-4;/h3*2-3H2,1H3;/q3*-1;+3. The molecule has 3 nitrogen and oxygen atoms in total. The van der Waals surface area contributed by atoms with Gasteiger partial charge in [-0.2, -0.15) is 0 Å². The summed E-state index contributed by atoms with van der Waals surface area (Å²) >= 11 is 0. The normalized spacial score (nSPS) is 6.92. The van der Waals surface area contributed by atoms with Crippen LogP contribution in [0.3, 0.4) is 0 Å². The summed E-state index contributed by atoms with van der Waals surface area (Å²) in [4.78, 5) is 0. The van der Waals surface area contributed by atoms with Crippen molar-refractivity contribution in [1.29, 1.82) is 0 Å². The summed E-state index contributed by atoms with van der Waals surface area (Å²) in [6.45, 7) is 5.81. The zero-order valence-electron chi connectivity index (χ0n) is 8.88. The van der Waals surface area contributed by atoms with Gasteiger partial charge in [0.15, 0.2) is 0 Å². The van der Waals surface area contributed by atoms with Crippen LogP contribution >= 0.6 is 0 Å². The average molecular weight is 229 g/mol. The molecule has 0 heterocycles. The molecular weight excluding hydrogens is 208 g/mol. The van der Waals surface area contributed by atoms with E-state index >= 15 is 0 Å². The Morgan fingerprint density at radius 3 is 0.692 bits per heavy atom. The Kier molecular flexibility index (Phi) is 70.5. The van der Waals surface area contributed by atoms with Crippen LogP contribution in [0.5, 0.6) is 0 Å². The van der Waals surface area contributed by atoms with Crippen LogP contribution in [-0.4, -0.2) is 19.8 Å². The van der Waals surface area contributed by atoms with E-state index in [-0.39, 0.29) is 37.2 Å². The van der Waals surface area contributed by atoms with E-state index in [0.717, 1.165) is 19.3 Å². The molecule has 0 unspecified atom stereocenters. The zero-order chi connectivity index (χ0) is 10.2. The molecule has 81 valence electrons. The second-order valence-electron chi connectivity index (χ2n) is 2.11. The van der Waals surface area contributed by atoms with Crippen molar-refractivity contribution in [3.63, 3.8) is 0 Å². The Bertz CT molecular complexity index is 30.3. The number of rotatable bonds is 3. The molecule has 0 aromatic carbocycles. The first kappa shape index (κ1) is 23.3. The molecule has 0 aliphatic heterocycles. The van der Waals surface area contributed by atoms with Gasteiger partial charge in [-0.25, -0.2) is 0 Å². The van der Waals surface area contributed by atoms with Gasteiger partial charge in [-0.05, 0) is 0 Å². The summed E-state index contributed by atoms with van der Waals surface area (Å²) in [5.41, 5.74) is 0. The van der Waals surface area contributed by atoms with Crippen molar-refractivity contribution in [2.45, 2.75) is 40.0 Å². The van der Waals surface area contributed by atoms with Gasteiger partial charge in [0.2, 0.25) is 0 Å². The predicted octanol–water partition coefficient (Wildman–Crippen LogP) is -0.732. The van der Waals surface area contributed by atoms with Crippen LogP contribution in [0.4, 0.5) is 0 Å². The van der Waals surface area contributed by atoms with Gasteiger partial charge in [0.05, 0.1) is 0 Å². The zero-order valence-corrected chi connectivity index (χ0v) is 10.2. The van der Waals surface area contributed by atoms with Gasteiger partial charge >= 0.3 is 17.4 Å². The second kappa shape index (κ2) is 39.3. The van der Waals surface area contributed by atoms with Crippen LogP contribution in [0.2, 0.25) is 0 Å². The third-order valence-electron chi connectivity index (χ3n) is 0.612. The molecule has 0 fully saturated rings. The van der Waals surface area contributed by atoms with Crippen LogP contribution in [0.1, 0.15) is 40.0 Å². The van der Waals surface area contributed by atoms with E-state index in [1.807, 2.05) is 20.8 Å². The van der Waals surface area contributed by atoms with Crippen molar-refractivity contribution < 1.29 is 32.7 Å². The van der Waals surface area contributed by atoms with E-state index in [1.165, 1.54) is 0 Å². The first-order valence-corrected chi connectivity index (χ1v) is 4.49. The van der Waals surface area contributed by atoms with E-state index in [4.69, 9.17) is 0 Å². The molecule has 4 heteroatoms. The van der Waals surface area contributed by atoms with Crippen molar-refractivity contribution in [1.82, 2.24) is 0 Å². The van der Waals surface area contributed by atoms with Gasteiger partial charge < -0.3 is 15.3 Å². The summed E-state index contributed by atoms with van der Waals surface area (Å²) < 4.78 is 0. The molecule has 0 aliphatic carbocycles. The van der Waals surface area contributed by atoms with Crippen LogP contribution < -0.4 is 15.3 Å². The van der Waals surface area contributed by atoms with Crippen molar-refractivity contribution in [2.24, 2.45) is 0 Å². The van der Waals surface area contributed by atoms with Gasteiger partial charge in [-0.15, -0.1) is 19.8 Å². The Morgan fingerprint density at radius 1 is 0.615 bits per heavy atom. The summed E-state index contributed by atoms with van der Waals surface area (Å²) in [5, 5.41) is 27.9. The molecule has 0 spiro atoms. The van der Waals surface area contributed by atoms with E-state index in [9.17, 15) is 15.3 Å². The molecule has 13 heavy (non-hydrogen) atoms. The van der Waals surface area contributed by atoms with E-state index < -0.39 is 0 Å². The minimum atomic E-state index is 0. The maximum Gasteiger partial charge on any atom is 3.00 e. The van der Waals surface area contributed by atoms with Crippen LogP contribution in [0, 0.1) is 0 Å². The maximum absolute atomic E-state index is 9.30. The molecule has 0 aromatic heterocycles. The SMILES string of the molecule is CCC[O-].CCC[O-].CCC[O-].[Cr+3]. The minimum Gasteiger partial charge on any atom is -0.854 e. The van der Waals surface area contributed by atoms with Gasteiger partial charge in [0.25, 0.3) is 0 Å². The Balaban J connectivity index is -0.0000000450. The second-order valence-corrected chi connectivity index (χ2v) is 2.11. The van der Waals surface area contributed by atoms with Crippen molar-refractivity contribution in [3.05, 3.63) is 0 Å². The predicted molar refractivity (Wildman–Crippen MR) is 45.5 cm³/mol. The summed E-state index contributed by atoms with van der Waals surface area (Å²) in [5.74, 6) is 0. The topological polar surface area (TPSA) is 69.2 Å². The molecule has 0 saturated heterocycles. The quantitative estimate of drug-likeness (QED) is 0.640. The smallest absolute Gasteiger partial charge is 0.854 e. The van der Waals surface area contributed by atoms with Gasteiger partial charge in [0, 0.05) is 0 Å². The van der Waals surface area contributed by atoms with E-state index in [0.29, 0.717) is 0 Å². The fraction of sp³-hybridized carbons (Fsp3) is 1.00. The maximum atomic E-state index is 9.30. The summed E-state index contributed by atoms with van der Waals surface area (Å²) in [6.07, 6.45) is 2.29. The Labute approximate surface area is 92.9 Å². The molecule has 0 atom stereocenters. The number of hydrogen-bond donors (Lipinski definition) is 0. The molecule has 0 rings (SSSR count). The third kappa shape index (κ3) is 116. The van der Waals surface area contributed by atoms with Gasteiger partial charge in [0.1, 0.15) is 0 Å². The van der Waals surface area contributed by atoms with Gasteiger partial charge in [-0.3, -0.25) is 0 Å². The van der Waals surface area contributed by atoms with Crippen LogP contribution in [-0.2, 0) is 17.4 Å². The Morgan fingerprint density at radius 2 is 0.692 bits per heavy atom. The van der Waals surface area contributed by atoms with Crippen LogP contribution in [0.25, 0.3) is 0 Å². The molecule has 0 saturated carbocycles. The minimum absolute atomic E-state index is 0. The fourth-order valence-electron chi connectivity index (χ4n) is 0. The van der Waals surface area contributed by atoms with Crippen molar-refractivity contribution in [3.8, 4) is 0 Å².